The van der Waals surface area contributed by atoms with Gasteiger partial charge in [-0.15, -0.1) is 0 Å². The Bertz CT molecular complexity index is 1320. The van der Waals surface area contributed by atoms with Crippen molar-refractivity contribution in [2.75, 3.05) is 0 Å². The Morgan fingerprint density at radius 1 is 0.939 bits per heavy atom. The highest BCUT2D eigenvalue weighted by molar-refractivity contribution is 7.89. The summed E-state index contributed by atoms with van der Waals surface area (Å²) in [6.07, 6.45) is 1.25. The lowest BCUT2D eigenvalue weighted by Gasteiger charge is -2.40. The number of sulfonamides is 1. The Hall–Kier alpha value is -3.09. The number of benzene rings is 3. The maximum absolute atomic E-state index is 13.9. The number of hydrogen-bond donors (Lipinski definition) is 0. The average molecular weight is 480 g/mol. The van der Waals surface area contributed by atoms with E-state index in [0.29, 0.717) is 10.7 Å². The van der Waals surface area contributed by atoms with E-state index in [2.05, 4.69) is 0 Å². The minimum absolute atomic E-state index is 0.00990. The topological polar surface area (TPSA) is 63.7 Å². The molecule has 0 aliphatic carbocycles. The highest BCUT2D eigenvalue weighted by atomic mass is 35.5. The second kappa shape index (κ2) is 8.36. The number of halogens is 1. The fourth-order valence-electron chi connectivity index (χ4n) is 4.55. The van der Waals surface area contributed by atoms with Gasteiger partial charge in [0.25, 0.3) is 10.0 Å². The molecule has 2 heterocycles. The zero-order valence-electron chi connectivity index (χ0n) is 17.9. The van der Waals surface area contributed by atoms with Gasteiger partial charge in [-0.2, -0.15) is 0 Å². The van der Waals surface area contributed by atoms with E-state index < -0.39 is 28.1 Å². The third-order valence-electron chi connectivity index (χ3n) is 6.15. The summed E-state index contributed by atoms with van der Waals surface area (Å²) in [5, 5.41) is 0.602. The van der Waals surface area contributed by atoms with Crippen molar-refractivity contribution in [1.29, 1.82) is 0 Å². The van der Waals surface area contributed by atoms with E-state index in [0.717, 1.165) is 16.7 Å². The Morgan fingerprint density at radius 2 is 1.61 bits per heavy atom. The molecule has 168 valence electrons. The van der Waals surface area contributed by atoms with Crippen LogP contribution in [-0.2, 0) is 19.6 Å². The van der Waals surface area contributed by atoms with Gasteiger partial charge in [0.1, 0.15) is 6.10 Å². The fourth-order valence-corrected chi connectivity index (χ4v) is 6.36. The number of carbonyl (C=O) groups excluding carboxylic acids is 1. The fraction of sp³-hybridized carbons (Fsp3) is 0.192. The molecule has 0 bridgehead atoms. The largest absolute Gasteiger partial charge is 0.459 e. The van der Waals surface area contributed by atoms with Gasteiger partial charge in [0.05, 0.1) is 23.1 Å². The third kappa shape index (κ3) is 3.94. The van der Waals surface area contributed by atoms with Gasteiger partial charge in [0.2, 0.25) is 0 Å². The Kier molecular flexibility index (Phi) is 5.51. The number of hydrogen-bond acceptors (Lipinski definition) is 4. The van der Waals surface area contributed by atoms with Crippen molar-refractivity contribution in [2.45, 2.75) is 36.3 Å². The normalized spacial score (nSPS) is 22.5. The lowest BCUT2D eigenvalue weighted by Crippen LogP contribution is -2.48. The molecule has 5 nitrogen and oxygen atoms in total. The maximum Gasteiger partial charge on any atom is 0.308 e. The van der Waals surface area contributed by atoms with Gasteiger partial charge in [0, 0.05) is 10.9 Å². The Labute approximate surface area is 198 Å². The van der Waals surface area contributed by atoms with Gasteiger partial charge in [-0.1, -0.05) is 71.8 Å². The van der Waals surface area contributed by atoms with Crippen LogP contribution in [0.2, 0.25) is 5.02 Å². The van der Waals surface area contributed by atoms with Crippen LogP contribution >= 0.6 is 11.6 Å². The molecule has 3 atom stereocenters. The predicted molar refractivity (Wildman–Crippen MR) is 127 cm³/mol. The predicted octanol–water partition coefficient (Wildman–Crippen LogP) is 5.16. The first-order valence-corrected chi connectivity index (χ1v) is 12.5. The molecule has 0 aromatic heterocycles. The van der Waals surface area contributed by atoms with Crippen molar-refractivity contribution >= 4 is 33.3 Å². The molecule has 0 spiro atoms. The Morgan fingerprint density at radius 3 is 2.27 bits per heavy atom. The quantitative estimate of drug-likeness (QED) is 0.485. The number of carbonyl (C=O) groups is 1. The van der Waals surface area contributed by atoms with Gasteiger partial charge >= 0.3 is 5.97 Å². The molecule has 2 aliphatic heterocycles. The van der Waals surface area contributed by atoms with Gasteiger partial charge in [-0.05, 0) is 48.4 Å². The second-order valence-corrected chi connectivity index (χ2v) is 10.6. The van der Waals surface area contributed by atoms with Crippen molar-refractivity contribution in [3.63, 3.8) is 0 Å². The van der Waals surface area contributed by atoms with Crippen LogP contribution in [0.4, 0.5) is 0 Å². The molecule has 0 radical (unpaired) electrons. The first-order chi connectivity index (χ1) is 15.8. The number of esters is 1. The number of nitrogens with zero attached hydrogens (tertiary/aromatic N) is 1. The Balaban J connectivity index is 1.71. The van der Waals surface area contributed by atoms with Crippen LogP contribution in [0.3, 0.4) is 0 Å². The van der Waals surface area contributed by atoms with Crippen LogP contribution in [0, 0.1) is 6.92 Å². The first-order valence-electron chi connectivity index (χ1n) is 10.7. The molecule has 2 aliphatic rings. The number of fused-ring (bicyclic) bond motifs is 1. The summed E-state index contributed by atoms with van der Waals surface area (Å²) in [7, 11) is -3.95. The number of rotatable bonds is 4. The molecule has 3 aromatic rings. The monoisotopic (exact) mass is 479 g/mol. The lowest BCUT2D eigenvalue weighted by atomic mass is 9.84. The van der Waals surface area contributed by atoms with Crippen LogP contribution in [0.15, 0.2) is 89.8 Å². The van der Waals surface area contributed by atoms with Crippen molar-refractivity contribution < 1.29 is 17.9 Å². The standard InChI is InChI=1S/C26H22ClNO4S/c1-17-7-13-21(14-8-17)33(30,31)28-23(19-5-3-2-4-6-19)15-22(18-9-11-20(27)12-10-18)26-24(28)16-25(29)32-26/h2-15,22,24,26H,16H2,1H3/t22-,24+,26+/m0/s1. The third-order valence-corrected chi connectivity index (χ3v) is 8.26. The van der Waals surface area contributed by atoms with Crippen LogP contribution in [0.25, 0.3) is 5.70 Å². The molecule has 5 rings (SSSR count). The summed E-state index contributed by atoms with van der Waals surface area (Å²) in [6, 6.07) is 22.8. The molecule has 0 N–H and O–H groups in total. The molecule has 1 fully saturated rings. The minimum Gasteiger partial charge on any atom is -0.459 e. The minimum atomic E-state index is -3.95. The molecule has 0 saturated carbocycles. The van der Waals surface area contributed by atoms with Crippen LogP contribution in [0.5, 0.6) is 0 Å². The van der Waals surface area contributed by atoms with Crippen molar-refractivity contribution in [3.05, 3.63) is 107 Å². The molecular weight excluding hydrogens is 458 g/mol. The molecule has 33 heavy (non-hydrogen) atoms. The summed E-state index contributed by atoms with van der Waals surface area (Å²) in [5.41, 5.74) is 3.16. The van der Waals surface area contributed by atoms with E-state index in [1.54, 1.807) is 36.4 Å². The SMILES string of the molecule is Cc1ccc(S(=O)(=O)N2C(c3ccccc3)=C[C@@H](c3ccc(Cl)cc3)[C@H]3OC(=O)C[C@H]32)cc1. The first kappa shape index (κ1) is 21.7. The zero-order chi connectivity index (χ0) is 23.2. The zero-order valence-corrected chi connectivity index (χ0v) is 19.5. The van der Waals surface area contributed by atoms with E-state index in [1.165, 1.54) is 4.31 Å². The van der Waals surface area contributed by atoms with Crippen molar-refractivity contribution in [2.24, 2.45) is 0 Å². The van der Waals surface area contributed by atoms with Crippen LogP contribution in [0.1, 0.15) is 29.0 Å². The maximum atomic E-state index is 13.9. The molecule has 3 aromatic carbocycles. The summed E-state index contributed by atoms with van der Waals surface area (Å²) in [4.78, 5) is 12.6. The second-order valence-electron chi connectivity index (χ2n) is 8.34. The van der Waals surface area contributed by atoms with Crippen LogP contribution < -0.4 is 0 Å². The highest BCUT2D eigenvalue weighted by Crippen LogP contribution is 2.45. The molecule has 0 amide bonds. The van der Waals surface area contributed by atoms with E-state index in [-0.39, 0.29) is 17.2 Å². The molecule has 1 saturated heterocycles. The van der Waals surface area contributed by atoms with Gasteiger partial charge in [-0.25, -0.2) is 8.42 Å². The van der Waals surface area contributed by atoms with Gasteiger partial charge in [-0.3, -0.25) is 9.10 Å². The van der Waals surface area contributed by atoms with E-state index in [9.17, 15) is 13.2 Å². The van der Waals surface area contributed by atoms with E-state index in [1.807, 2.05) is 55.5 Å². The van der Waals surface area contributed by atoms with Gasteiger partial charge < -0.3 is 4.74 Å². The highest BCUT2D eigenvalue weighted by Gasteiger charge is 2.51. The lowest BCUT2D eigenvalue weighted by molar-refractivity contribution is -0.141. The summed E-state index contributed by atoms with van der Waals surface area (Å²) in [6.45, 7) is 1.91. The smallest absolute Gasteiger partial charge is 0.308 e. The number of ether oxygens (including phenoxy) is 1. The van der Waals surface area contributed by atoms with E-state index >= 15 is 0 Å². The van der Waals surface area contributed by atoms with Crippen molar-refractivity contribution in [1.82, 2.24) is 4.31 Å². The van der Waals surface area contributed by atoms with Gasteiger partial charge in [0.15, 0.2) is 0 Å². The molecule has 7 heteroatoms. The molecular formula is C26H22ClNO4S. The van der Waals surface area contributed by atoms with Crippen LogP contribution in [-0.4, -0.2) is 30.8 Å². The summed E-state index contributed by atoms with van der Waals surface area (Å²) >= 11 is 6.08. The number of aryl methyl sites for hydroxylation is 1. The summed E-state index contributed by atoms with van der Waals surface area (Å²) < 4.78 is 34.9. The average Bonchev–Trinajstić information content (AvgIpc) is 3.20. The van der Waals surface area contributed by atoms with Crippen molar-refractivity contribution in [3.8, 4) is 0 Å². The van der Waals surface area contributed by atoms with E-state index in [4.69, 9.17) is 16.3 Å². The molecule has 0 unspecified atom stereocenters. The summed E-state index contributed by atoms with van der Waals surface area (Å²) in [5.74, 6) is -0.714.